The third kappa shape index (κ3) is 34.9. The van der Waals surface area contributed by atoms with Gasteiger partial charge >= 0.3 is 11.9 Å². The van der Waals surface area contributed by atoms with Crippen LogP contribution in [0, 0.1) is 0 Å². The van der Waals surface area contributed by atoms with E-state index in [-0.39, 0.29) is 32.0 Å². The van der Waals surface area contributed by atoms with Crippen molar-refractivity contribution >= 4 is 11.9 Å². The first-order valence-electron chi connectivity index (χ1n) is 26.1. The molecule has 2 unspecified atom stereocenters. The molecule has 1 aliphatic rings. The SMILES string of the molecule is CCCCC/C=C/C/C=C/C/C=C/CCCCC(=O)O[C@@H](COC(=O)CCCCCCCCCCCCCCCCCCCCCCCCC)CO[C@H]1O[C@@H](CO)[C@@H](O)C(O)C1O. The van der Waals surface area contributed by atoms with Crippen LogP contribution in [0.2, 0.25) is 0 Å². The average Bonchev–Trinajstić information content (AvgIpc) is 3.28. The van der Waals surface area contributed by atoms with Crippen LogP contribution in [0.1, 0.15) is 232 Å². The molecule has 10 nitrogen and oxygen atoms in total. The third-order valence-corrected chi connectivity index (χ3v) is 12.0. The Bertz CT molecular complexity index is 1120. The summed E-state index contributed by atoms with van der Waals surface area (Å²) in [5, 5.41) is 40.2. The minimum atomic E-state index is -1.60. The summed E-state index contributed by atoms with van der Waals surface area (Å²) in [6.07, 6.45) is 44.5. The number of carbonyl (C=O) groups is 2. The van der Waals surface area contributed by atoms with Gasteiger partial charge in [-0.1, -0.05) is 204 Å². The lowest BCUT2D eigenvalue weighted by atomic mass is 9.99. The number of carbonyl (C=O) groups excluding carboxylic acids is 2. The summed E-state index contributed by atoms with van der Waals surface area (Å²) in [6, 6.07) is 0. The zero-order valence-corrected chi connectivity index (χ0v) is 40.3. The Morgan fingerprint density at radius 3 is 1.37 bits per heavy atom. The van der Waals surface area contributed by atoms with Gasteiger partial charge in [-0.25, -0.2) is 0 Å². The van der Waals surface area contributed by atoms with Gasteiger partial charge in [0, 0.05) is 12.8 Å². The van der Waals surface area contributed by atoms with E-state index in [2.05, 4.69) is 50.3 Å². The number of rotatable bonds is 44. The Balaban J connectivity index is 2.24. The van der Waals surface area contributed by atoms with Crippen molar-refractivity contribution < 1.29 is 49.0 Å². The van der Waals surface area contributed by atoms with Crippen molar-refractivity contribution in [1.82, 2.24) is 0 Å². The summed E-state index contributed by atoms with van der Waals surface area (Å²) < 4.78 is 22.2. The lowest BCUT2D eigenvalue weighted by Crippen LogP contribution is -2.59. The highest BCUT2D eigenvalue weighted by molar-refractivity contribution is 5.70. The average molecular weight is 893 g/mol. The molecule has 0 aromatic carbocycles. The summed E-state index contributed by atoms with van der Waals surface area (Å²) >= 11 is 0. The van der Waals surface area contributed by atoms with Crippen LogP contribution in [-0.2, 0) is 28.5 Å². The van der Waals surface area contributed by atoms with E-state index >= 15 is 0 Å². The van der Waals surface area contributed by atoms with Crippen molar-refractivity contribution in [2.24, 2.45) is 0 Å². The van der Waals surface area contributed by atoms with Gasteiger partial charge in [0.15, 0.2) is 12.4 Å². The predicted molar refractivity (Wildman–Crippen MR) is 256 cm³/mol. The Hall–Kier alpha value is -2.08. The molecule has 1 aliphatic heterocycles. The van der Waals surface area contributed by atoms with Gasteiger partial charge in [-0.2, -0.15) is 0 Å². The maximum absolute atomic E-state index is 12.8. The van der Waals surface area contributed by atoms with Crippen LogP contribution in [-0.4, -0.2) is 89.0 Å². The maximum Gasteiger partial charge on any atom is 0.306 e. The zero-order valence-electron chi connectivity index (χ0n) is 40.3. The number of hydrogen-bond donors (Lipinski definition) is 4. The lowest BCUT2D eigenvalue weighted by Gasteiger charge is -2.39. The number of ether oxygens (including phenoxy) is 4. The van der Waals surface area contributed by atoms with Gasteiger partial charge in [0.25, 0.3) is 0 Å². The highest BCUT2D eigenvalue weighted by Crippen LogP contribution is 2.23. The van der Waals surface area contributed by atoms with Gasteiger partial charge in [0.05, 0.1) is 13.2 Å². The van der Waals surface area contributed by atoms with Crippen molar-refractivity contribution in [3.8, 4) is 0 Å². The summed E-state index contributed by atoms with van der Waals surface area (Å²) in [5.41, 5.74) is 0. The predicted octanol–water partition coefficient (Wildman–Crippen LogP) is 12.2. The molecule has 1 saturated heterocycles. The molecule has 0 spiro atoms. The molecule has 6 atom stereocenters. The van der Waals surface area contributed by atoms with Crippen LogP contribution in [0.15, 0.2) is 36.5 Å². The number of esters is 2. The monoisotopic (exact) mass is 893 g/mol. The Morgan fingerprint density at radius 1 is 0.492 bits per heavy atom. The fourth-order valence-electron chi connectivity index (χ4n) is 7.90. The molecule has 1 fully saturated rings. The summed E-state index contributed by atoms with van der Waals surface area (Å²) in [7, 11) is 0. The number of unbranched alkanes of at least 4 members (excludes halogenated alkanes) is 27. The van der Waals surface area contributed by atoms with E-state index in [9.17, 15) is 30.0 Å². The maximum atomic E-state index is 12.8. The molecule has 0 radical (unpaired) electrons. The number of aliphatic hydroxyl groups excluding tert-OH is 4. The largest absolute Gasteiger partial charge is 0.462 e. The van der Waals surface area contributed by atoms with Crippen LogP contribution >= 0.6 is 0 Å². The molecule has 368 valence electrons. The molecule has 0 aromatic heterocycles. The van der Waals surface area contributed by atoms with Gasteiger partial charge in [0.2, 0.25) is 0 Å². The zero-order chi connectivity index (χ0) is 45.9. The first kappa shape index (κ1) is 58.9. The molecule has 0 aromatic rings. The van der Waals surface area contributed by atoms with Gasteiger partial charge < -0.3 is 39.4 Å². The quantitative estimate of drug-likeness (QED) is 0.0264. The minimum absolute atomic E-state index is 0.183. The second kappa shape index (κ2) is 43.8. The highest BCUT2D eigenvalue weighted by Gasteiger charge is 2.44. The molecule has 0 amide bonds. The van der Waals surface area contributed by atoms with Crippen LogP contribution in [0.3, 0.4) is 0 Å². The van der Waals surface area contributed by atoms with Crippen LogP contribution in [0.25, 0.3) is 0 Å². The molecule has 63 heavy (non-hydrogen) atoms. The molecule has 0 saturated carbocycles. The molecule has 0 aliphatic carbocycles. The molecule has 1 heterocycles. The van der Waals surface area contributed by atoms with Crippen LogP contribution in [0.5, 0.6) is 0 Å². The third-order valence-electron chi connectivity index (χ3n) is 12.0. The van der Waals surface area contributed by atoms with Gasteiger partial charge in [-0.05, 0) is 51.4 Å². The lowest BCUT2D eigenvalue weighted by molar-refractivity contribution is -0.305. The molecule has 4 N–H and O–H groups in total. The van der Waals surface area contributed by atoms with Gasteiger partial charge in [-0.15, -0.1) is 0 Å². The van der Waals surface area contributed by atoms with E-state index in [0.29, 0.717) is 6.42 Å². The molecule has 0 bridgehead atoms. The summed E-state index contributed by atoms with van der Waals surface area (Å²) in [6.45, 7) is 3.39. The van der Waals surface area contributed by atoms with Crippen LogP contribution in [0.4, 0.5) is 0 Å². The first-order chi connectivity index (χ1) is 30.8. The fourth-order valence-corrected chi connectivity index (χ4v) is 7.90. The minimum Gasteiger partial charge on any atom is -0.462 e. The number of allylic oxidation sites excluding steroid dienone is 6. The van der Waals surface area contributed by atoms with Crippen molar-refractivity contribution in [1.29, 1.82) is 0 Å². The van der Waals surface area contributed by atoms with Crippen molar-refractivity contribution in [3.05, 3.63) is 36.5 Å². The second-order valence-corrected chi connectivity index (χ2v) is 18.0. The Morgan fingerprint density at radius 2 is 0.889 bits per heavy atom. The molecule has 1 rings (SSSR count). The fraction of sp³-hybridized carbons (Fsp3) is 0.849. The summed E-state index contributed by atoms with van der Waals surface area (Å²) in [4.78, 5) is 25.4. The molecular weight excluding hydrogens is 797 g/mol. The van der Waals surface area contributed by atoms with E-state index in [0.717, 1.165) is 51.4 Å². The number of aliphatic hydroxyl groups is 4. The second-order valence-electron chi connectivity index (χ2n) is 18.0. The summed E-state index contributed by atoms with van der Waals surface area (Å²) in [5.74, 6) is -0.842. The Labute approximate surface area is 385 Å². The van der Waals surface area contributed by atoms with E-state index in [1.54, 1.807) is 0 Å². The van der Waals surface area contributed by atoms with Crippen molar-refractivity contribution in [2.45, 2.75) is 269 Å². The first-order valence-corrected chi connectivity index (χ1v) is 26.1. The van der Waals surface area contributed by atoms with E-state index in [1.165, 1.54) is 148 Å². The number of hydrogen-bond acceptors (Lipinski definition) is 10. The van der Waals surface area contributed by atoms with Gasteiger partial charge in [-0.3, -0.25) is 9.59 Å². The van der Waals surface area contributed by atoms with E-state index < -0.39 is 49.4 Å². The van der Waals surface area contributed by atoms with Crippen LogP contribution < -0.4 is 0 Å². The van der Waals surface area contributed by atoms with Crippen molar-refractivity contribution in [2.75, 3.05) is 19.8 Å². The van der Waals surface area contributed by atoms with Gasteiger partial charge in [0.1, 0.15) is 31.0 Å². The molecule has 10 heteroatoms. The highest BCUT2D eigenvalue weighted by atomic mass is 16.7. The van der Waals surface area contributed by atoms with E-state index in [1.807, 2.05) is 0 Å². The molecular formula is C53H96O10. The smallest absolute Gasteiger partial charge is 0.306 e. The normalized spacial score (nSPS) is 19.7. The van der Waals surface area contributed by atoms with Crippen molar-refractivity contribution in [3.63, 3.8) is 0 Å². The topological polar surface area (TPSA) is 152 Å². The van der Waals surface area contributed by atoms with E-state index in [4.69, 9.17) is 18.9 Å². The Kier molecular flexibility index (Phi) is 41.0. The standard InChI is InChI=1S/C53H96O10/c1-3-5-7-9-11-13-15-17-19-20-21-22-23-24-25-26-28-29-31-33-35-37-39-41-48(55)60-44-46(45-61-53-52(59)51(58)50(57)47(43-54)63-53)62-49(56)42-40-38-36-34-32-30-27-18-16-14-12-10-8-6-4-2/h12,14,18,27,32,34,46-47,50-54,57-59H,3-11,13,15-17,19-26,28-31,33,35-45H2,1-2H3/b14-12+,27-18+,34-32+/t46-,47-,50+,51?,52?,53-/m0/s1.